The number of benzene rings is 2. The third-order valence-electron chi connectivity index (χ3n) is 4.47. The molecule has 140 valence electrons. The second-order valence-electron chi connectivity index (χ2n) is 6.27. The maximum atomic E-state index is 12.3. The fourth-order valence-corrected chi connectivity index (χ4v) is 3.14. The lowest BCUT2D eigenvalue weighted by atomic mass is 10.2. The Kier molecular flexibility index (Phi) is 4.45. The molecule has 0 spiro atoms. The van der Waals surface area contributed by atoms with Gasteiger partial charge in [0.1, 0.15) is 5.75 Å². The number of ether oxygens (including phenoxy) is 3. The Balaban J connectivity index is 1.35. The first-order valence-corrected chi connectivity index (χ1v) is 8.54. The highest BCUT2D eigenvalue weighted by Gasteiger charge is 2.31. The minimum absolute atomic E-state index is 0.0338. The summed E-state index contributed by atoms with van der Waals surface area (Å²) in [6.07, 6.45) is 0.251. The number of amides is 3. The van der Waals surface area contributed by atoms with E-state index in [-0.39, 0.29) is 31.2 Å². The van der Waals surface area contributed by atoms with Crippen LogP contribution in [0.15, 0.2) is 42.5 Å². The largest absolute Gasteiger partial charge is 0.497 e. The predicted molar refractivity (Wildman–Crippen MR) is 98.5 cm³/mol. The Morgan fingerprint density at radius 2 is 1.93 bits per heavy atom. The molecule has 0 unspecified atom stereocenters. The Morgan fingerprint density at radius 1 is 1.15 bits per heavy atom. The molecule has 4 rings (SSSR count). The molecule has 2 aliphatic rings. The van der Waals surface area contributed by atoms with Crippen molar-refractivity contribution in [1.82, 2.24) is 5.32 Å². The van der Waals surface area contributed by atoms with Crippen molar-refractivity contribution in [1.29, 1.82) is 0 Å². The van der Waals surface area contributed by atoms with Crippen molar-refractivity contribution in [3.63, 3.8) is 0 Å². The molecule has 1 saturated heterocycles. The van der Waals surface area contributed by atoms with Crippen molar-refractivity contribution in [2.75, 3.05) is 30.7 Å². The van der Waals surface area contributed by atoms with Gasteiger partial charge in [0.2, 0.25) is 12.7 Å². The van der Waals surface area contributed by atoms with Crippen LogP contribution in [0.3, 0.4) is 0 Å². The average Bonchev–Trinajstić information content (AvgIpc) is 3.27. The first-order valence-electron chi connectivity index (χ1n) is 8.54. The lowest BCUT2D eigenvalue weighted by Gasteiger charge is -2.18. The topological polar surface area (TPSA) is 89.1 Å². The molecule has 1 fully saturated rings. The summed E-state index contributed by atoms with van der Waals surface area (Å²) >= 11 is 0. The number of nitrogens with zero attached hydrogens (tertiary/aromatic N) is 1. The van der Waals surface area contributed by atoms with Crippen molar-refractivity contribution in [3.8, 4) is 17.2 Å². The highest BCUT2D eigenvalue weighted by atomic mass is 16.7. The normalized spacial score (nSPS) is 17.7. The maximum absolute atomic E-state index is 12.3. The standard InChI is InChI=1S/C19H19N3O5/c1-25-15-5-3-14(4-6-15)22-10-13(9-18(22)23)21-19(24)20-12-2-7-16-17(8-12)27-11-26-16/h2-8,13H,9-11H2,1H3,(H2,20,21,24)/t13-/m0/s1. The molecule has 2 aromatic rings. The van der Waals surface area contributed by atoms with Gasteiger partial charge in [0.25, 0.3) is 0 Å². The van der Waals surface area contributed by atoms with Crippen LogP contribution in [-0.4, -0.2) is 38.4 Å². The van der Waals surface area contributed by atoms with Gasteiger partial charge in [-0.1, -0.05) is 0 Å². The molecule has 2 aliphatic heterocycles. The van der Waals surface area contributed by atoms with Crippen LogP contribution in [0, 0.1) is 0 Å². The van der Waals surface area contributed by atoms with Crippen LogP contribution in [0.4, 0.5) is 16.2 Å². The summed E-state index contributed by atoms with van der Waals surface area (Å²) in [7, 11) is 1.59. The van der Waals surface area contributed by atoms with Crippen LogP contribution in [0.5, 0.6) is 17.2 Å². The summed E-state index contributed by atoms with van der Waals surface area (Å²) in [6.45, 7) is 0.593. The van der Waals surface area contributed by atoms with E-state index in [0.29, 0.717) is 23.7 Å². The number of hydrogen-bond acceptors (Lipinski definition) is 5. The molecular weight excluding hydrogens is 350 g/mol. The molecule has 0 aromatic heterocycles. The van der Waals surface area contributed by atoms with E-state index in [9.17, 15) is 9.59 Å². The molecule has 2 N–H and O–H groups in total. The van der Waals surface area contributed by atoms with Crippen LogP contribution in [0.25, 0.3) is 0 Å². The van der Waals surface area contributed by atoms with Gasteiger partial charge in [-0.2, -0.15) is 0 Å². The van der Waals surface area contributed by atoms with Gasteiger partial charge in [0.05, 0.1) is 13.2 Å². The molecule has 0 bridgehead atoms. The maximum Gasteiger partial charge on any atom is 0.319 e. The van der Waals surface area contributed by atoms with Gasteiger partial charge < -0.3 is 29.7 Å². The van der Waals surface area contributed by atoms with Gasteiger partial charge >= 0.3 is 6.03 Å². The van der Waals surface area contributed by atoms with Crippen molar-refractivity contribution < 1.29 is 23.8 Å². The Labute approximate surface area is 156 Å². The Bertz CT molecular complexity index is 868. The molecule has 2 heterocycles. The van der Waals surface area contributed by atoms with Crippen LogP contribution < -0.4 is 29.7 Å². The van der Waals surface area contributed by atoms with Crippen molar-refractivity contribution in [3.05, 3.63) is 42.5 Å². The monoisotopic (exact) mass is 369 g/mol. The second kappa shape index (κ2) is 7.06. The zero-order valence-corrected chi connectivity index (χ0v) is 14.7. The zero-order valence-electron chi connectivity index (χ0n) is 14.7. The number of carbonyl (C=O) groups is 2. The number of rotatable bonds is 4. The lowest BCUT2D eigenvalue weighted by Crippen LogP contribution is -2.39. The van der Waals surface area contributed by atoms with E-state index in [1.165, 1.54) is 0 Å². The van der Waals surface area contributed by atoms with Crippen LogP contribution in [0.2, 0.25) is 0 Å². The van der Waals surface area contributed by atoms with E-state index < -0.39 is 0 Å². The fourth-order valence-electron chi connectivity index (χ4n) is 3.14. The molecular formula is C19H19N3O5. The molecule has 27 heavy (non-hydrogen) atoms. The highest BCUT2D eigenvalue weighted by molar-refractivity contribution is 5.97. The van der Waals surface area contributed by atoms with Crippen molar-refractivity contribution in [2.24, 2.45) is 0 Å². The van der Waals surface area contributed by atoms with E-state index in [0.717, 1.165) is 11.4 Å². The molecule has 1 atom stereocenters. The first-order chi connectivity index (χ1) is 13.1. The van der Waals surface area contributed by atoms with Gasteiger partial charge in [0.15, 0.2) is 11.5 Å². The fraction of sp³-hybridized carbons (Fsp3) is 0.263. The minimum Gasteiger partial charge on any atom is -0.497 e. The van der Waals surface area contributed by atoms with E-state index in [2.05, 4.69) is 10.6 Å². The van der Waals surface area contributed by atoms with Gasteiger partial charge in [0, 0.05) is 30.4 Å². The first kappa shape index (κ1) is 17.0. The summed E-state index contributed by atoms with van der Waals surface area (Å²) in [5.74, 6) is 1.93. The lowest BCUT2D eigenvalue weighted by molar-refractivity contribution is -0.117. The number of anilines is 2. The number of fused-ring (bicyclic) bond motifs is 1. The van der Waals surface area contributed by atoms with Gasteiger partial charge in [-0.3, -0.25) is 4.79 Å². The summed E-state index contributed by atoms with van der Waals surface area (Å²) in [5, 5.41) is 5.59. The van der Waals surface area contributed by atoms with Gasteiger partial charge in [-0.05, 0) is 36.4 Å². The average molecular weight is 369 g/mol. The van der Waals surface area contributed by atoms with E-state index in [4.69, 9.17) is 14.2 Å². The molecule has 0 radical (unpaired) electrons. The summed E-state index contributed by atoms with van der Waals surface area (Å²) in [6, 6.07) is 11.8. The Morgan fingerprint density at radius 3 is 2.70 bits per heavy atom. The van der Waals surface area contributed by atoms with Crippen molar-refractivity contribution >= 4 is 23.3 Å². The predicted octanol–water partition coefficient (Wildman–Crippen LogP) is 2.35. The third kappa shape index (κ3) is 3.59. The molecule has 8 nitrogen and oxygen atoms in total. The molecule has 3 amide bonds. The SMILES string of the molecule is COc1ccc(N2C[C@@H](NC(=O)Nc3ccc4c(c3)OCO4)CC2=O)cc1. The smallest absolute Gasteiger partial charge is 0.319 e. The molecule has 0 saturated carbocycles. The number of carbonyl (C=O) groups excluding carboxylic acids is 2. The zero-order chi connectivity index (χ0) is 18.8. The van der Waals surface area contributed by atoms with E-state index in [1.807, 2.05) is 12.1 Å². The van der Waals surface area contributed by atoms with Gasteiger partial charge in [-0.15, -0.1) is 0 Å². The van der Waals surface area contributed by atoms with Crippen LogP contribution >= 0.6 is 0 Å². The number of urea groups is 1. The molecule has 8 heteroatoms. The van der Waals surface area contributed by atoms with Crippen molar-refractivity contribution in [2.45, 2.75) is 12.5 Å². The summed E-state index contributed by atoms with van der Waals surface area (Å²) < 4.78 is 15.7. The van der Waals surface area contributed by atoms with E-state index >= 15 is 0 Å². The quantitative estimate of drug-likeness (QED) is 0.864. The highest BCUT2D eigenvalue weighted by Crippen LogP contribution is 2.34. The second-order valence-corrected chi connectivity index (χ2v) is 6.27. The minimum atomic E-state index is -0.372. The Hall–Kier alpha value is -3.42. The van der Waals surface area contributed by atoms with Crippen LogP contribution in [-0.2, 0) is 4.79 Å². The number of nitrogens with one attached hydrogen (secondary N) is 2. The number of methoxy groups -OCH3 is 1. The summed E-state index contributed by atoms with van der Waals surface area (Å²) in [5.41, 5.74) is 1.37. The van der Waals surface area contributed by atoms with Gasteiger partial charge in [-0.25, -0.2) is 4.79 Å². The number of hydrogen-bond donors (Lipinski definition) is 2. The van der Waals surface area contributed by atoms with Crippen LogP contribution in [0.1, 0.15) is 6.42 Å². The summed E-state index contributed by atoms with van der Waals surface area (Å²) in [4.78, 5) is 26.2. The van der Waals surface area contributed by atoms with E-state index in [1.54, 1.807) is 42.3 Å². The molecule has 2 aromatic carbocycles. The molecule has 0 aliphatic carbocycles. The third-order valence-corrected chi connectivity index (χ3v) is 4.47.